The number of piperidine rings is 1. The van der Waals surface area contributed by atoms with E-state index in [1.165, 1.54) is 6.26 Å². The van der Waals surface area contributed by atoms with Crippen LogP contribution in [0.15, 0.2) is 24.3 Å². The second-order valence-electron chi connectivity index (χ2n) is 5.70. The number of nitrogens with one attached hydrogen (secondary N) is 2. The standard InChI is InChI=1S/C14H22N2O2S.ClH/c1-14(7-9-15-10-8-14)16-13-5-3-12(4-6-13)11-19(2,17)18;/h3-6,15-16H,7-11H2,1-2H3;1H. The second-order valence-corrected chi connectivity index (χ2v) is 7.84. The molecule has 0 aliphatic carbocycles. The van der Waals surface area contributed by atoms with Crippen molar-refractivity contribution < 1.29 is 8.42 Å². The Labute approximate surface area is 127 Å². The molecular formula is C14H23ClN2O2S. The quantitative estimate of drug-likeness (QED) is 0.893. The van der Waals surface area contributed by atoms with Gasteiger partial charge in [0.25, 0.3) is 0 Å². The average Bonchev–Trinajstić information content (AvgIpc) is 2.30. The van der Waals surface area contributed by atoms with Crippen molar-refractivity contribution in [3.8, 4) is 0 Å². The number of sulfone groups is 1. The van der Waals surface area contributed by atoms with Gasteiger partial charge in [0.15, 0.2) is 9.84 Å². The van der Waals surface area contributed by atoms with Crippen molar-refractivity contribution in [2.24, 2.45) is 0 Å². The van der Waals surface area contributed by atoms with E-state index in [0.29, 0.717) is 0 Å². The summed E-state index contributed by atoms with van der Waals surface area (Å²) in [5, 5.41) is 6.91. The van der Waals surface area contributed by atoms with Crippen molar-refractivity contribution in [2.75, 3.05) is 24.7 Å². The Balaban J connectivity index is 0.00000200. The molecule has 114 valence electrons. The Hall–Kier alpha value is -0.780. The Morgan fingerprint density at radius 2 is 1.75 bits per heavy atom. The summed E-state index contributed by atoms with van der Waals surface area (Å²) in [6.45, 7) is 4.31. The van der Waals surface area contributed by atoms with Gasteiger partial charge in [0.05, 0.1) is 5.75 Å². The summed E-state index contributed by atoms with van der Waals surface area (Å²) in [6, 6.07) is 7.70. The van der Waals surface area contributed by atoms with Crippen LogP contribution in [0.1, 0.15) is 25.3 Å². The number of hydrogen-bond donors (Lipinski definition) is 2. The molecule has 1 heterocycles. The van der Waals surface area contributed by atoms with Crippen molar-refractivity contribution in [1.82, 2.24) is 5.32 Å². The number of halogens is 1. The van der Waals surface area contributed by atoms with Gasteiger partial charge in [0, 0.05) is 17.5 Å². The van der Waals surface area contributed by atoms with Crippen molar-refractivity contribution in [1.29, 1.82) is 0 Å². The highest BCUT2D eigenvalue weighted by Crippen LogP contribution is 2.24. The van der Waals surface area contributed by atoms with E-state index in [2.05, 4.69) is 17.6 Å². The first kappa shape index (κ1) is 17.3. The summed E-state index contributed by atoms with van der Waals surface area (Å²) >= 11 is 0. The maximum Gasteiger partial charge on any atom is 0.151 e. The maximum absolute atomic E-state index is 11.2. The van der Waals surface area contributed by atoms with Gasteiger partial charge in [-0.3, -0.25) is 0 Å². The molecule has 6 heteroatoms. The SMILES string of the molecule is CC1(Nc2ccc(CS(C)(=O)=O)cc2)CCNCC1.Cl. The second kappa shape index (κ2) is 6.78. The molecule has 20 heavy (non-hydrogen) atoms. The van der Waals surface area contributed by atoms with Gasteiger partial charge in [0.2, 0.25) is 0 Å². The topological polar surface area (TPSA) is 58.2 Å². The molecule has 0 unspecified atom stereocenters. The predicted octanol–water partition coefficient (Wildman–Crippen LogP) is 2.21. The van der Waals surface area contributed by atoms with E-state index in [1.54, 1.807) is 0 Å². The Morgan fingerprint density at radius 3 is 2.25 bits per heavy atom. The lowest BCUT2D eigenvalue weighted by molar-refractivity contribution is 0.365. The molecule has 1 aromatic carbocycles. The summed E-state index contributed by atoms with van der Waals surface area (Å²) in [7, 11) is -2.96. The highest BCUT2D eigenvalue weighted by molar-refractivity contribution is 7.89. The van der Waals surface area contributed by atoms with Gasteiger partial charge < -0.3 is 10.6 Å². The number of hydrogen-bond acceptors (Lipinski definition) is 4. The summed E-state index contributed by atoms with van der Waals surface area (Å²) in [5.74, 6) is 0.106. The van der Waals surface area contributed by atoms with E-state index < -0.39 is 9.84 Å². The van der Waals surface area contributed by atoms with Gasteiger partial charge in [-0.2, -0.15) is 0 Å². The third kappa shape index (κ3) is 5.31. The zero-order valence-electron chi connectivity index (χ0n) is 12.0. The third-order valence-corrected chi connectivity index (χ3v) is 4.39. The fourth-order valence-electron chi connectivity index (χ4n) is 2.44. The lowest BCUT2D eigenvalue weighted by atomic mass is 9.90. The van der Waals surface area contributed by atoms with Crippen LogP contribution in [0.25, 0.3) is 0 Å². The van der Waals surface area contributed by atoms with Crippen molar-refractivity contribution >= 4 is 27.9 Å². The Morgan fingerprint density at radius 1 is 1.20 bits per heavy atom. The normalized spacial score (nSPS) is 18.1. The lowest BCUT2D eigenvalue weighted by Crippen LogP contribution is -2.45. The fourth-order valence-corrected chi connectivity index (χ4v) is 3.24. The first-order chi connectivity index (χ1) is 8.86. The van der Waals surface area contributed by atoms with Crippen LogP contribution in [0.4, 0.5) is 5.69 Å². The highest BCUT2D eigenvalue weighted by Gasteiger charge is 2.25. The average molecular weight is 319 g/mol. The minimum absolute atomic E-state index is 0. The molecule has 0 amide bonds. The zero-order valence-corrected chi connectivity index (χ0v) is 13.6. The van der Waals surface area contributed by atoms with Crippen molar-refractivity contribution in [3.63, 3.8) is 0 Å². The van der Waals surface area contributed by atoms with Crippen LogP contribution in [0, 0.1) is 0 Å². The summed E-state index contributed by atoms with van der Waals surface area (Å²) in [5.41, 5.74) is 2.02. The highest BCUT2D eigenvalue weighted by atomic mass is 35.5. The Kier molecular flexibility index (Phi) is 5.86. The molecule has 1 aromatic rings. The molecule has 0 bridgehead atoms. The van der Waals surface area contributed by atoms with Gasteiger partial charge in [-0.15, -0.1) is 12.4 Å². The number of anilines is 1. The molecule has 1 aliphatic heterocycles. The molecule has 0 spiro atoms. The van der Waals surface area contributed by atoms with Crippen LogP contribution < -0.4 is 10.6 Å². The molecule has 0 atom stereocenters. The van der Waals surface area contributed by atoms with E-state index in [-0.39, 0.29) is 23.7 Å². The van der Waals surface area contributed by atoms with E-state index in [1.807, 2.05) is 24.3 Å². The molecule has 0 aromatic heterocycles. The molecule has 0 radical (unpaired) electrons. The first-order valence-corrected chi connectivity index (χ1v) is 8.68. The summed E-state index contributed by atoms with van der Waals surface area (Å²) in [6.07, 6.45) is 3.45. The molecule has 2 rings (SSSR count). The number of benzene rings is 1. The lowest BCUT2D eigenvalue weighted by Gasteiger charge is -2.36. The maximum atomic E-state index is 11.2. The summed E-state index contributed by atoms with van der Waals surface area (Å²) < 4.78 is 22.5. The van der Waals surface area contributed by atoms with Gasteiger partial charge in [0.1, 0.15) is 0 Å². The van der Waals surface area contributed by atoms with Crippen LogP contribution in [-0.4, -0.2) is 33.3 Å². The van der Waals surface area contributed by atoms with Crippen molar-refractivity contribution in [2.45, 2.75) is 31.1 Å². The van der Waals surface area contributed by atoms with Gasteiger partial charge in [-0.25, -0.2) is 8.42 Å². The molecule has 1 fully saturated rings. The van der Waals surface area contributed by atoms with E-state index >= 15 is 0 Å². The van der Waals surface area contributed by atoms with Crippen LogP contribution >= 0.6 is 12.4 Å². The minimum atomic E-state index is -2.96. The first-order valence-electron chi connectivity index (χ1n) is 6.62. The molecular weight excluding hydrogens is 296 g/mol. The van der Waals surface area contributed by atoms with Gasteiger partial charge >= 0.3 is 0 Å². The predicted molar refractivity (Wildman–Crippen MR) is 86.4 cm³/mol. The molecule has 1 aliphatic rings. The molecule has 1 saturated heterocycles. The van der Waals surface area contributed by atoms with Crippen LogP contribution in [-0.2, 0) is 15.6 Å². The largest absolute Gasteiger partial charge is 0.380 e. The molecule has 0 saturated carbocycles. The van der Waals surface area contributed by atoms with Crippen LogP contribution in [0.5, 0.6) is 0 Å². The minimum Gasteiger partial charge on any atom is -0.380 e. The van der Waals surface area contributed by atoms with Crippen LogP contribution in [0.3, 0.4) is 0 Å². The molecule has 4 nitrogen and oxygen atoms in total. The van der Waals surface area contributed by atoms with E-state index in [9.17, 15) is 8.42 Å². The van der Waals surface area contributed by atoms with Crippen molar-refractivity contribution in [3.05, 3.63) is 29.8 Å². The smallest absolute Gasteiger partial charge is 0.151 e. The molecule has 2 N–H and O–H groups in total. The number of rotatable bonds is 4. The van der Waals surface area contributed by atoms with Crippen LogP contribution in [0.2, 0.25) is 0 Å². The summed E-state index contributed by atoms with van der Waals surface area (Å²) in [4.78, 5) is 0. The monoisotopic (exact) mass is 318 g/mol. The fraction of sp³-hybridized carbons (Fsp3) is 0.571. The third-order valence-electron chi connectivity index (χ3n) is 3.54. The van der Waals surface area contributed by atoms with Gasteiger partial charge in [-0.1, -0.05) is 12.1 Å². The van der Waals surface area contributed by atoms with E-state index in [0.717, 1.165) is 37.2 Å². The Bertz CT molecular complexity index is 523. The van der Waals surface area contributed by atoms with Gasteiger partial charge in [-0.05, 0) is 50.6 Å². The zero-order chi connectivity index (χ0) is 13.9. The van der Waals surface area contributed by atoms with E-state index in [4.69, 9.17) is 0 Å².